The van der Waals surface area contributed by atoms with Crippen molar-refractivity contribution < 1.29 is 0 Å². The molecule has 1 aliphatic rings. The van der Waals surface area contributed by atoms with Gasteiger partial charge in [-0.25, -0.2) is 0 Å². The molecule has 15 heavy (non-hydrogen) atoms. The summed E-state index contributed by atoms with van der Waals surface area (Å²) < 4.78 is 2.59. The van der Waals surface area contributed by atoms with Crippen LogP contribution in [0.4, 0.5) is 0 Å². The zero-order valence-corrected chi connectivity index (χ0v) is 10.3. The number of aromatic amines is 1. The second-order valence-electron chi connectivity index (χ2n) is 4.04. The zero-order chi connectivity index (χ0) is 10.4. The van der Waals surface area contributed by atoms with Crippen LogP contribution in [0.1, 0.15) is 28.7 Å². The third-order valence-corrected chi connectivity index (χ3v) is 5.43. The standard InChI is InChI=1S/C11H12N2OSe/c1-6-12-10(14)9-7-4-2-3-5-8(7)15-11(9)13-6/h2-5H2,1H3,(H,12,13,14). The Hall–Kier alpha value is -0.861. The molecule has 0 fully saturated rings. The molecule has 0 amide bonds. The Balaban J connectivity index is 2.42. The van der Waals surface area contributed by atoms with Crippen LogP contribution < -0.4 is 5.56 Å². The average Bonchev–Trinajstić information content (AvgIpc) is 2.54. The number of H-pyrrole nitrogens is 1. The van der Waals surface area contributed by atoms with Crippen molar-refractivity contribution in [2.75, 3.05) is 0 Å². The van der Waals surface area contributed by atoms with E-state index in [1.807, 2.05) is 6.92 Å². The van der Waals surface area contributed by atoms with Crippen molar-refractivity contribution in [2.24, 2.45) is 0 Å². The van der Waals surface area contributed by atoms with Gasteiger partial charge in [0.25, 0.3) is 0 Å². The maximum atomic E-state index is 11.9. The van der Waals surface area contributed by atoms with E-state index >= 15 is 0 Å². The van der Waals surface area contributed by atoms with Gasteiger partial charge in [-0.1, -0.05) is 0 Å². The van der Waals surface area contributed by atoms with Crippen LogP contribution in [0, 0.1) is 6.92 Å². The topological polar surface area (TPSA) is 45.8 Å². The van der Waals surface area contributed by atoms with Crippen LogP contribution >= 0.6 is 0 Å². The van der Waals surface area contributed by atoms with Crippen molar-refractivity contribution in [3.63, 3.8) is 0 Å². The Kier molecular flexibility index (Phi) is 2.08. The Morgan fingerprint density at radius 3 is 3.00 bits per heavy atom. The predicted octanol–water partition coefficient (Wildman–Crippen LogP) is 1.17. The van der Waals surface area contributed by atoms with Crippen molar-refractivity contribution in [1.29, 1.82) is 0 Å². The van der Waals surface area contributed by atoms with Crippen LogP contribution in [0.3, 0.4) is 0 Å². The number of nitrogens with zero attached hydrogens (tertiary/aromatic N) is 1. The number of hydrogen-bond acceptors (Lipinski definition) is 2. The van der Waals surface area contributed by atoms with Crippen molar-refractivity contribution in [1.82, 2.24) is 9.97 Å². The van der Waals surface area contributed by atoms with Gasteiger partial charge in [-0.15, -0.1) is 0 Å². The van der Waals surface area contributed by atoms with E-state index in [0.29, 0.717) is 14.5 Å². The Labute approximate surface area is 93.3 Å². The number of fused-ring (bicyclic) bond motifs is 3. The molecule has 2 aromatic rings. The third-order valence-electron chi connectivity index (χ3n) is 2.94. The van der Waals surface area contributed by atoms with Crippen LogP contribution in [0.25, 0.3) is 9.78 Å². The first-order valence-electron chi connectivity index (χ1n) is 5.27. The van der Waals surface area contributed by atoms with Crippen molar-refractivity contribution >= 4 is 24.3 Å². The molecule has 0 radical (unpaired) electrons. The predicted molar refractivity (Wildman–Crippen MR) is 60.7 cm³/mol. The second-order valence-corrected chi connectivity index (χ2v) is 6.32. The van der Waals surface area contributed by atoms with Gasteiger partial charge in [-0.2, -0.15) is 0 Å². The normalized spacial score (nSPS) is 15.5. The van der Waals surface area contributed by atoms with Gasteiger partial charge in [0.15, 0.2) is 0 Å². The van der Waals surface area contributed by atoms with E-state index in [4.69, 9.17) is 0 Å². The van der Waals surface area contributed by atoms with E-state index in [1.165, 1.54) is 29.3 Å². The van der Waals surface area contributed by atoms with Crippen molar-refractivity contribution in [2.45, 2.75) is 32.6 Å². The summed E-state index contributed by atoms with van der Waals surface area (Å²) in [6, 6.07) is 0. The zero-order valence-electron chi connectivity index (χ0n) is 8.59. The first-order valence-corrected chi connectivity index (χ1v) is 6.98. The molecule has 3 nitrogen and oxygen atoms in total. The molecule has 0 atom stereocenters. The van der Waals surface area contributed by atoms with E-state index in [-0.39, 0.29) is 5.56 Å². The van der Waals surface area contributed by atoms with E-state index < -0.39 is 0 Å². The molecule has 0 saturated carbocycles. The van der Waals surface area contributed by atoms with Gasteiger partial charge >= 0.3 is 93.0 Å². The average molecular weight is 267 g/mol. The van der Waals surface area contributed by atoms with E-state index in [9.17, 15) is 4.79 Å². The number of rotatable bonds is 0. The molecular formula is C11H12N2OSe. The summed E-state index contributed by atoms with van der Waals surface area (Å²) in [5.41, 5.74) is 1.40. The number of aryl methyl sites for hydroxylation is 3. The first kappa shape index (κ1) is 9.37. The molecule has 3 rings (SSSR count). The van der Waals surface area contributed by atoms with Gasteiger partial charge in [-0.3, -0.25) is 0 Å². The molecule has 0 aromatic carbocycles. The third kappa shape index (κ3) is 1.40. The summed E-state index contributed by atoms with van der Waals surface area (Å²) in [5.74, 6) is 0.750. The summed E-state index contributed by atoms with van der Waals surface area (Å²) in [6.07, 6.45) is 4.77. The van der Waals surface area contributed by atoms with Crippen LogP contribution in [0.15, 0.2) is 4.79 Å². The van der Waals surface area contributed by atoms with Crippen molar-refractivity contribution in [3.05, 3.63) is 26.2 Å². The molecule has 78 valence electrons. The fourth-order valence-corrected chi connectivity index (χ4v) is 5.02. The van der Waals surface area contributed by atoms with Crippen molar-refractivity contribution in [3.8, 4) is 0 Å². The monoisotopic (exact) mass is 268 g/mol. The summed E-state index contributed by atoms with van der Waals surface area (Å²) in [5, 5.41) is 0.912. The molecule has 0 aliphatic heterocycles. The van der Waals surface area contributed by atoms with Gasteiger partial charge in [0.1, 0.15) is 0 Å². The van der Waals surface area contributed by atoms with E-state index in [1.54, 1.807) is 0 Å². The first-order chi connectivity index (χ1) is 7.25. The van der Waals surface area contributed by atoms with Gasteiger partial charge in [0.2, 0.25) is 0 Å². The van der Waals surface area contributed by atoms with E-state index in [2.05, 4.69) is 9.97 Å². The number of aromatic nitrogens is 2. The Bertz CT molecular complexity index is 582. The fraction of sp³-hybridized carbons (Fsp3) is 0.455. The number of hydrogen-bond donors (Lipinski definition) is 1. The van der Waals surface area contributed by atoms with Crippen LogP contribution in [-0.2, 0) is 12.8 Å². The van der Waals surface area contributed by atoms with E-state index in [0.717, 1.165) is 22.0 Å². The maximum absolute atomic E-state index is 11.9. The Morgan fingerprint density at radius 1 is 1.33 bits per heavy atom. The second kappa shape index (κ2) is 3.32. The summed E-state index contributed by atoms with van der Waals surface area (Å²) in [7, 11) is 0. The van der Waals surface area contributed by atoms with Crippen LogP contribution in [-0.4, -0.2) is 24.5 Å². The minimum atomic E-state index is 0.0753. The van der Waals surface area contributed by atoms with Crippen LogP contribution in [0.2, 0.25) is 0 Å². The number of nitrogens with one attached hydrogen (secondary N) is 1. The molecule has 2 heterocycles. The molecule has 0 spiro atoms. The van der Waals surface area contributed by atoms with Crippen LogP contribution in [0.5, 0.6) is 0 Å². The fourth-order valence-electron chi connectivity index (χ4n) is 2.27. The molecule has 2 aromatic heterocycles. The summed E-state index contributed by atoms with van der Waals surface area (Å²) >= 11 is 0.324. The molecule has 0 unspecified atom stereocenters. The molecule has 4 heteroatoms. The summed E-state index contributed by atoms with van der Waals surface area (Å²) in [6.45, 7) is 1.86. The molecule has 1 N–H and O–H groups in total. The van der Waals surface area contributed by atoms with Gasteiger partial charge in [0.05, 0.1) is 0 Å². The van der Waals surface area contributed by atoms with Gasteiger partial charge in [-0.05, 0) is 0 Å². The van der Waals surface area contributed by atoms with Gasteiger partial charge < -0.3 is 0 Å². The van der Waals surface area contributed by atoms with Gasteiger partial charge in [0, 0.05) is 0 Å². The molecule has 0 saturated heterocycles. The molecule has 0 bridgehead atoms. The quantitative estimate of drug-likeness (QED) is 0.728. The molecule has 1 aliphatic carbocycles. The molecular weight excluding hydrogens is 255 g/mol. The minimum absolute atomic E-state index is 0.0753. The summed E-state index contributed by atoms with van der Waals surface area (Å²) in [4.78, 5) is 19.1. The SMILES string of the molecule is Cc1nc2[se]c3c(c2c(=O)[nH]1)CCCC3. The Morgan fingerprint density at radius 2 is 2.13 bits per heavy atom.